The van der Waals surface area contributed by atoms with Gasteiger partial charge in [0.05, 0.1) is 9.82 Å². The van der Waals surface area contributed by atoms with E-state index in [0.717, 1.165) is 22.4 Å². The zero-order valence-electron chi connectivity index (χ0n) is 15.8. The van der Waals surface area contributed by atoms with Gasteiger partial charge < -0.3 is 4.90 Å². The molecule has 0 saturated heterocycles. The molecular weight excluding hydrogens is 360 g/mol. The zero-order valence-corrected chi connectivity index (χ0v) is 16.7. The van der Waals surface area contributed by atoms with E-state index in [-0.39, 0.29) is 16.5 Å². The molecule has 2 aromatic carbocycles. The van der Waals surface area contributed by atoms with Crippen molar-refractivity contribution in [1.82, 2.24) is 4.90 Å². The second-order valence-corrected chi connectivity index (χ2v) is 7.39. The van der Waals surface area contributed by atoms with Crippen LogP contribution in [0.2, 0.25) is 0 Å². The maximum atomic E-state index is 11.8. The molecule has 0 spiro atoms. The molecule has 1 amide bonds. The van der Waals surface area contributed by atoms with E-state index in [1.807, 2.05) is 50.3 Å². The monoisotopic (exact) mass is 384 g/mol. The number of benzene rings is 2. The van der Waals surface area contributed by atoms with Crippen molar-refractivity contribution in [2.45, 2.75) is 36.5 Å². The summed E-state index contributed by atoms with van der Waals surface area (Å²) in [7, 11) is 1.76. The molecule has 27 heavy (non-hydrogen) atoms. The van der Waals surface area contributed by atoms with Gasteiger partial charge in [0, 0.05) is 24.6 Å². The summed E-state index contributed by atoms with van der Waals surface area (Å²) in [5.41, 5.74) is 2.24. The van der Waals surface area contributed by atoms with Crippen LogP contribution >= 0.6 is 11.8 Å². The van der Waals surface area contributed by atoms with Crippen molar-refractivity contribution < 1.29 is 9.72 Å². The molecule has 0 atom stereocenters. The summed E-state index contributed by atoms with van der Waals surface area (Å²) in [4.78, 5) is 26.0. The number of nitro benzene ring substituents is 1. The molecule has 0 N–H and O–H groups in total. The molecule has 6 heteroatoms. The van der Waals surface area contributed by atoms with Crippen molar-refractivity contribution in [3.8, 4) is 0 Å². The van der Waals surface area contributed by atoms with Crippen LogP contribution in [0.15, 0.2) is 64.4 Å². The van der Waals surface area contributed by atoms with Gasteiger partial charge in [-0.25, -0.2) is 0 Å². The van der Waals surface area contributed by atoms with Gasteiger partial charge in [-0.3, -0.25) is 14.9 Å². The predicted octanol–water partition coefficient (Wildman–Crippen LogP) is 5.02. The first-order valence-electron chi connectivity index (χ1n) is 8.84. The molecule has 0 unspecified atom stereocenters. The summed E-state index contributed by atoms with van der Waals surface area (Å²) in [5.74, 6) is -0.0168. The highest BCUT2D eigenvalue weighted by molar-refractivity contribution is 7.99. The van der Waals surface area contributed by atoms with Crippen LogP contribution in [0.3, 0.4) is 0 Å². The number of nitro groups is 1. The lowest BCUT2D eigenvalue weighted by Crippen LogP contribution is -2.23. The summed E-state index contributed by atoms with van der Waals surface area (Å²) in [6.07, 6.45) is 4.86. The predicted molar refractivity (Wildman–Crippen MR) is 109 cm³/mol. The highest BCUT2D eigenvalue weighted by Crippen LogP contribution is 2.36. The maximum absolute atomic E-state index is 11.8. The standard InChI is InChI=1S/C21H24N2O3S/c1-4-22(3)21(24)11-6-5-9-17-12-13-19(23(25)26)20(15-17)27-18-10-7-8-16(2)14-18/h6-8,10-15H,4-5,9H2,1-3H3/b11-6-. The SMILES string of the molecule is CCN(C)C(=O)/C=C\CCc1ccc([N+](=O)[O-])c(Sc2cccc(C)c2)c1. The van der Waals surface area contributed by atoms with Crippen LogP contribution in [0.5, 0.6) is 0 Å². The third-order valence-corrected chi connectivity index (χ3v) is 5.19. The number of hydrogen-bond donors (Lipinski definition) is 0. The minimum Gasteiger partial charge on any atom is -0.343 e. The first-order chi connectivity index (χ1) is 12.9. The van der Waals surface area contributed by atoms with Crippen molar-refractivity contribution in [3.05, 3.63) is 75.9 Å². The molecule has 5 nitrogen and oxygen atoms in total. The van der Waals surface area contributed by atoms with Gasteiger partial charge >= 0.3 is 0 Å². The number of allylic oxidation sites excluding steroid dienone is 1. The van der Waals surface area contributed by atoms with Gasteiger partial charge in [0.15, 0.2) is 0 Å². The normalized spacial score (nSPS) is 10.9. The van der Waals surface area contributed by atoms with E-state index in [1.54, 1.807) is 30.2 Å². The summed E-state index contributed by atoms with van der Waals surface area (Å²) >= 11 is 1.40. The van der Waals surface area contributed by atoms with Crippen LogP contribution in [-0.2, 0) is 11.2 Å². The lowest BCUT2D eigenvalue weighted by atomic mass is 10.1. The van der Waals surface area contributed by atoms with Crippen LogP contribution in [0.1, 0.15) is 24.5 Å². The topological polar surface area (TPSA) is 63.5 Å². The highest BCUT2D eigenvalue weighted by atomic mass is 32.2. The molecule has 142 valence electrons. The summed E-state index contributed by atoms with van der Waals surface area (Å²) in [6, 6.07) is 13.1. The second kappa shape index (κ2) is 9.92. The molecule has 0 fully saturated rings. The van der Waals surface area contributed by atoms with Gasteiger partial charge in [0.1, 0.15) is 0 Å². The second-order valence-electron chi connectivity index (χ2n) is 6.27. The number of likely N-dealkylation sites (N-methyl/N-ethyl adjacent to an activating group) is 1. The van der Waals surface area contributed by atoms with Crippen molar-refractivity contribution >= 4 is 23.4 Å². The van der Waals surface area contributed by atoms with Crippen molar-refractivity contribution in [3.63, 3.8) is 0 Å². The van der Waals surface area contributed by atoms with E-state index in [4.69, 9.17) is 0 Å². The van der Waals surface area contributed by atoms with Gasteiger partial charge in [-0.05, 0) is 56.5 Å². The number of rotatable bonds is 8. The Labute approximate surface area is 164 Å². The van der Waals surface area contributed by atoms with E-state index in [0.29, 0.717) is 17.9 Å². The third kappa shape index (κ3) is 6.25. The molecule has 0 radical (unpaired) electrons. The first kappa shape index (κ1) is 20.7. The van der Waals surface area contributed by atoms with Crippen LogP contribution < -0.4 is 0 Å². The Bertz CT molecular complexity index is 849. The first-order valence-corrected chi connectivity index (χ1v) is 9.65. The Hall–Kier alpha value is -2.60. The minimum absolute atomic E-state index is 0.0168. The third-order valence-electron chi connectivity index (χ3n) is 4.15. The fraction of sp³-hybridized carbons (Fsp3) is 0.286. The quantitative estimate of drug-likeness (QED) is 0.364. The lowest BCUT2D eigenvalue weighted by molar-refractivity contribution is -0.387. The van der Waals surface area contributed by atoms with Crippen LogP contribution in [-0.4, -0.2) is 29.3 Å². The van der Waals surface area contributed by atoms with Gasteiger partial charge in [0.25, 0.3) is 5.69 Å². The van der Waals surface area contributed by atoms with Crippen molar-refractivity contribution in [2.24, 2.45) is 0 Å². The van der Waals surface area contributed by atoms with E-state index in [1.165, 1.54) is 11.8 Å². The Kier molecular flexibility index (Phi) is 7.61. The summed E-state index contributed by atoms with van der Waals surface area (Å²) in [5, 5.41) is 11.4. The number of carbonyl (C=O) groups excluding carboxylic acids is 1. The average molecular weight is 385 g/mol. The summed E-state index contributed by atoms with van der Waals surface area (Å²) in [6.45, 7) is 4.60. The van der Waals surface area contributed by atoms with Gasteiger partial charge in [-0.2, -0.15) is 0 Å². The Balaban J connectivity index is 2.11. The Morgan fingerprint density at radius 3 is 2.70 bits per heavy atom. The van der Waals surface area contributed by atoms with Crippen molar-refractivity contribution in [1.29, 1.82) is 0 Å². The van der Waals surface area contributed by atoms with Gasteiger partial charge in [-0.1, -0.05) is 41.6 Å². The maximum Gasteiger partial charge on any atom is 0.283 e. The van der Waals surface area contributed by atoms with E-state index in [9.17, 15) is 14.9 Å². The lowest BCUT2D eigenvalue weighted by Gasteiger charge is -2.10. The van der Waals surface area contributed by atoms with Crippen LogP contribution in [0.4, 0.5) is 5.69 Å². The fourth-order valence-electron chi connectivity index (χ4n) is 2.47. The molecule has 0 saturated carbocycles. The smallest absolute Gasteiger partial charge is 0.283 e. The Morgan fingerprint density at radius 1 is 1.26 bits per heavy atom. The van der Waals surface area contributed by atoms with E-state index < -0.39 is 0 Å². The highest BCUT2D eigenvalue weighted by Gasteiger charge is 2.15. The molecule has 0 aliphatic carbocycles. The Morgan fingerprint density at radius 2 is 2.04 bits per heavy atom. The van der Waals surface area contributed by atoms with Crippen LogP contribution in [0, 0.1) is 17.0 Å². The molecule has 2 aromatic rings. The molecule has 2 rings (SSSR count). The summed E-state index contributed by atoms with van der Waals surface area (Å²) < 4.78 is 0. The van der Waals surface area contributed by atoms with Crippen molar-refractivity contribution in [2.75, 3.05) is 13.6 Å². The average Bonchev–Trinajstić information content (AvgIpc) is 2.64. The fourth-order valence-corrected chi connectivity index (χ4v) is 3.57. The molecule has 0 heterocycles. The van der Waals surface area contributed by atoms with Gasteiger partial charge in [0.2, 0.25) is 5.91 Å². The molecule has 0 bridgehead atoms. The van der Waals surface area contributed by atoms with E-state index in [2.05, 4.69) is 0 Å². The largest absolute Gasteiger partial charge is 0.343 e. The molecular formula is C21H24N2O3S. The zero-order chi connectivity index (χ0) is 19.8. The number of amides is 1. The number of aryl methyl sites for hydroxylation is 2. The number of carbonyl (C=O) groups is 1. The van der Waals surface area contributed by atoms with E-state index >= 15 is 0 Å². The van der Waals surface area contributed by atoms with Crippen LogP contribution in [0.25, 0.3) is 0 Å². The molecule has 0 aliphatic heterocycles. The number of hydrogen-bond acceptors (Lipinski definition) is 4. The number of nitrogens with zero attached hydrogens (tertiary/aromatic N) is 2. The molecule has 0 aliphatic rings. The molecule has 0 aromatic heterocycles. The van der Waals surface area contributed by atoms with Gasteiger partial charge in [-0.15, -0.1) is 0 Å². The minimum atomic E-state index is -0.346.